The average molecular weight is 318 g/mol. The van der Waals surface area contributed by atoms with Gasteiger partial charge in [-0.1, -0.05) is 48.8 Å². The maximum absolute atomic E-state index is 12.1. The lowest BCUT2D eigenvalue weighted by Gasteiger charge is -2.16. The fraction of sp³-hybridized carbons (Fsp3) is 0.438. The molecule has 2 atom stereocenters. The molecule has 2 rings (SSSR count). The number of nitrogens with zero attached hydrogens (tertiary/aromatic N) is 2. The molecule has 118 valence electrons. The normalized spacial score (nSPS) is 13.7. The van der Waals surface area contributed by atoms with Gasteiger partial charge in [-0.25, -0.2) is 0 Å². The van der Waals surface area contributed by atoms with Crippen LogP contribution < -0.4 is 11.1 Å². The van der Waals surface area contributed by atoms with Gasteiger partial charge in [0.25, 0.3) is 0 Å². The first-order chi connectivity index (χ1) is 10.4. The van der Waals surface area contributed by atoms with E-state index >= 15 is 0 Å². The van der Waals surface area contributed by atoms with E-state index in [-0.39, 0.29) is 11.8 Å². The van der Waals surface area contributed by atoms with Crippen LogP contribution in [0, 0.1) is 19.8 Å². The summed E-state index contributed by atoms with van der Waals surface area (Å²) in [6.45, 7) is 8.07. The Morgan fingerprint density at radius 2 is 1.91 bits per heavy atom. The van der Waals surface area contributed by atoms with Gasteiger partial charge in [0, 0.05) is 5.56 Å². The largest absolute Gasteiger partial charge is 0.320 e. The number of hydrogen-bond donors (Lipinski definition) is 2. The van der Waals surface area contributed by atoms with E-state index in [1.807, 2.05) is 27.7 Å². The van der Waals surface area contributed by atoms with Crippen LogP contribution in [0.1, 0.15) is 31.4 Å². The first-order valence-corrected chi connectivity index (χ1v) is 8.21. The Morgan fingerprint density at radius 3 is 2.50 bits per heavy atom. The van der Waals surface area contributed by atoms with Gasteiger partial charge in [-0.05, 0) is 31.9 Å². The summed E-state index contributed by atoms with van der Waals surface area (Å²) in [7, 11) is 0. The molecule has 0 saturated heterocycles. The molecule has 0 aliphatic carbocycles. The summed E-state index contributed by atoms with van der Waals surface area (Å²) in [5.41, 5.74) is 9.29. The number of carbonyl (C=O) groups excluding carboxylic acids is 1. The second-order valence-corrected chi connectivity index (χ2v) is 6.67. The average Bonchev–Trinajstić information content (AvgIpc) is 2.93. The monoisotopic (exact) mass is 318 g/mol. The zero-order chi connectivity index (χ0) is 16.3. The summed E-state index contributed by atoms with van der Waals surface area (Å²) in [6, 6.07) is 5.70. The highest BCUT2D eigenvalue weighted by molar-refractivity contribution is 7.18. The number of hydrogen-bond acceptors (Lipinski definition) is 5. The molecule has 5 nitrogen and oxygen atoms in total. The van der Waals surface area contributed by atoms with Crippen LogP contribution in [0.25, 0.3) is 10.6 Å². The Balaban J connectivity index is 2.13. The van der Waals surface area contributed by atoms with Crippen molar-refractivity contribution in [1.29, 1.82) is 0 Å². The van der Waals surface area contributed by atoms with Crippen LogP contribution >= 0.6 is 11.3 Å². The van der Waals surface area contributed by atoms with Crippen LogP contribution in [0.4, 0.5) is 5.13 Å². The molecule has 0 fully saturated rings. The predicted molar refractivity (Wildman–Crippen MR) is 90.9 cm³/mol. The third-order valence-corrected chi connectivity index (χ3v) is 4.57. The third-order valence-electron chi connectivity index (χ3n) is 3.68. The number of nitrogens with two attached hydrogens (primary N) is 1. The van der Waals surface area contributed by atoms with Crippen LogP contribution in [-0.2, 0) is 4.79 Å². The minimum atomic E-state index is -0.529. The summed E-state index contributed by atoms with van der Waals surface area (Å²) in [5.74, 6) is -0.0794. The van der Waals surface area contributed by atoms with E-state index in [1.165, 1.54) is 22.5 Å². The van der Waals surface area contributed by atoms with Gasteiger partial charge in [0.05, 0.1) is 6.04 Å². The van der Waals surface area contributed by atoms with Gasteiger partial charge in [-0.3, -0.25) is 10.1 Å². The molecule has 0 aliphatic heterocycles. The Hall–Kier alpha value is -1.79. The molecule has 6 heteroatoms. The third kappa shape index (κ3) is 3.90. The highest BCUT2D eigenvalue weighted by Crippen LogP contribution is 2.28. The van der Waals surface area contributed by atoms with E-state index in [2.05, 4.69) is 33.7 Å². The van der Waals surface area contributed by atoms with E-state index in [4.69, 9.17) is 5.73 Å². The molecule has 1 heterocycles. The zero-order valence-electron chi connectivity index (χ0n) is 13.4. The molecule has 1 amide bonds. The highest BCUT2D eigenvalue weighted by Gasteiger charge is 2.20. The summed E-state index contributed by atoms with van der Waals surface area (Å²) < 4.78 is 0. The van der Waals surface area contributed by atoms with Crippen LogP contribution in [0.15, 0.2) is 18.2 Å². The van der Waals surface area contributed by atoms with Crippen LogP contribution in [-0.4, -0.2) is 22.1 Å². The van der Waals surface area contributed by atoms with E-state index in [0.29, 0.717) is 5.13 Å². The van der Waals surface area contributed by atoms with Crippen molar-refractivity contribution in [2.75, 3.05) is 5.32 Å². The molecule has 0 aliphatic rings. The van der Waals surface area contributed by atoms with Crippen molar-refractivity contribution in [2.24, 2.45) is 11.7 Å². The maximum Gasteiger partial charge on any atom is 0.243 e. The molecular weight excluding hydrogens is 296 g/mol. The summed E-state index contributed by atoms with van der Waals surface area (Å²) in [6.07, 6.45) is 0.860. The summed E-state index contributed by atoms with van der Waals surface area (Å²) >= 11 is 1.36. The second-order valence-electron chi connectivity index (χ2n) is 5.69. The minimum Gasteiger partial charge on any atom is -0.320 e. The molecular formula is C16H22N4OS. The quantitative estimate of drug-likeness (QED) is 0.887. The van der Waals surface area contributed by atoms with Crippen molar-refractivity contribution >= 4 is 22.4 Å². The van der Waals surface area contributed by atoms with Gasteiger partial charge in [-0.15, -0.1) is 10.2 Å². The Morgan fingerprint density at radius 1 is 1.27 bits per heavy atom. The molecule has 2 aromatic rings. The molecule has 0 saturated carbocycles. The number of carbonyl (C=O) groups is 1. The lowest BCUT2D eigenvalue weighted by molar-refractivity contribution is -0.118. The topological polar surface area (TPSA) is 80.9 Å². The molecule has 1 aromatic heterocycles. The maximum atomic E-state index is 12.1. The van der Waals surface area contributed by atoms with E-state index < -0.39 is 6.04 Å². The van der Waals surface area contributed by atoms with Crippen molar-refractivity contribution in [2.45, 2.75) is 40.2 Å². The number of rotatable bonds is 5. The minimum absolute atomic E-state index is 0.131. The van der Waals surface area contributed by atoms with E-state index in [9.17, 15) is 4.79 Å². The summed E-state index contributed by atoms with van der Waals surface area (Å²) in [5, 5.41) is 12.2. The van der Waals surface area contributed by atoms with Gasteiger partial charge in [0.2, 0.25) is 11.0 Å². The summed E-state index contributed by atoms with van der Waals surface area (Å²) in [4.78, 5) is 12.1. The molecule has 0 radical (unpaired) electrons. The Bertz CT molecular complexity index is 648. The van der Waals surface area contributed by atoms with Crippen molar-refractivity contribution in [3.63, 3.8) is 0 Å². The number of amides is 1. The van der Waals surface area contributed by atoms with E-state index in [0.717, 1.165) is 17.0 Å². The smallest absolute Gasteiger partial charge is 0.243 e. The SMILES string of the molecule is CCC(C)C(N)C(=O)Nc1nnc(-c2cc(C)cc(C)c2)s1. The highest BCUT2D eigenvalue weighted by atomic mass is 32.1. The van der Waals surface area contributed by atoms with Gasteiger partial charge in [0.1, 0.15) is 5.01 Å². The number of aromatic nitrogens is 2. The van der Waals surface area contributed by atoms with Crippen LogP contribution in [0.3, 0.4) is 0 Å². The molecule has 2 unspecified atom stereocenters. The van der Waals surface area contributed by atoms with Crippen molar-refractivity contribution < 1.29 is 4.79 Å². The predicted octanol–water partition coefficient (Wildman–Crippen LogP) is 3.13. The Labute approximate surface area is 135 Å². The number of anilines is 1. The van der Waals surface area contributed by atoms with Gasteiger partial charge >= 0.3 is 0 Å². The van der Waals surface area contributed by atoms with Gasteiger partial charge in [-0.2, -0.15) is 0 Å². The number of nitrogens with one attached hydrogen (secondary N) is 1. The van der Waals surface area contributed by atoms with Gasteiger partial charge < -0.3 is 5.73 Å². The van der Waals surface area contributed by atoms with Crippen molar-refractivity contribution in [3.8, 4) is 10.6 Å². The molecule has 3 N–H and O–H groups in total. The fourth-order valence-corrected chi connectivity index (χ4v) is 2.92. The molecule has 0 bridgehead atoms. The lowest BCUT2D eigenvalue weighted by Crippen LogP contribution is -2.40. The first-order valence-electron chi connectivity index (χ1n) is 7.39. The van der Waals surface area contributed by atoms with Crippen molar-refractivity contribution in [1.82, 2.24) is 10.2 Å². The van der Waals surface area contributed by atoms with Crippen LogP contribution in [0.2, 0.25) is 0 Å². The van der Waals surface area contributed by atoms with E-state index in [1.54, 1.807) is 0 Å². The second kappa shape index (κ2) is 6.98. The van der Waals surface area contributed by atoms with Crippen molar-refractivity contribution in [3.05, 3.63) is 29.3 Å². The van der Waals surface area contributed by atoms with Gasteiger partial charge in [0.15, 0.2) is 0 Å². The molecule has 0 spiro atoms. The molecule has 1 aromatic carbocycles. The lowest BCUT2D eigenvalue weighted by atomic mass is 10.00. The zero-order valence-corrected chi connectivity index (χ0v) is 14.2. The fourth-order valence-electron chi connectivity index (χ4n) is 2.19. The Kier molecular flexibility index (Phi) is 5.26. The number of benzene rings is 1. The standard InChI is InChI=1S/C16H22N4OS/c1-5-11(4)13(17)14(21)18-16-20-19-15(22-16)12-7-9(2)6-10(3)8-12/h6-8,11,13H,5,17H2,1-4H3,(H,18,20,21). The number of aryl methyl sites for hydroxylation is 2. The molecule has 22 heavy (non-hydrogen) atoms. The first kappa shape index (κ1) is 16.6. The van der Waals surface area contributed by atoms with Crippen LogP contribution in [0.5, 0.6) is 0 Å².